The van der Waals surface area contributed by atoms with Gasteiger partial charge in [-0.25, -0.2) is 0 Å². The number of nitrogens with one attached hydrogen (secondary N) is 1. The fourth-order valence-corrected chi connectivity index (χ4v) is 3.72. The van der Waals surface area contributed by atoms with Gasteiger partial charge in [-0.05, 0) is 77.3 Å². The maximum Gasteiger partial charge on any atom is 0.0682 e. The van der Waals surface area contributed by atoms with Gasteiger partial charge in [0, 0.05) is 13.5 Å². The van der Waals surface area contributed by atoms with E-state index < -0.39 is 0 Å². The molecule has 0 aliphatic rings. The number of aryl methyl sites for hydroxylation is 1. The van der Waals surface area contributed by atoms with Crippen LogP contribution in [0.25, 0.3) is 0 Å². The minimum Gasteiger partial charge on any atom is -0.309 e. The summed E-state index contributed by atoms with van der Waals surface area (Å²) in [6.07, 6.45) is 0. The highest BCUT2D eigenvalue weighted by molar-refractivity contribution is 14.1. The maximum atomic E-state index is 6.09. The smallest absolute Gasteiger partial charge is 0.0682 e. The third-order valence-electron chi connectivity index (χ3n) is 2.72. The first-order chi connectivity index (χ1) is 8.13. The summed E-state index contributed by atoms with van der Waals surface area (Å²) in [4.78, 5) is 1.35. The van der Waals surface area contributed by atoms with E-state index in [-0.39, 0.29) is 6.04 Å². The zero-order chi connectivity index (χ0) is 12.4. The first kappa shape index (κ1) is 13.3. The van der Waals surface area contributed by atoms with Crippen LogP contribution in [-0.2, 0) is 0 Å². The molecule has 0 saturated carbocycles. The Morgan fingerprint density at radius 2 is 2.12 bits per heavy atom. The molecule has 2 aromatic rings. The third-order valence-corrected chi connectivity index (χ3v) is 5.02. The van der Waals surface area contributed by atoms with Crippen molar-refractivity contribution in [1.29, 1.82) is 0 Å². The van der Waals surface area contributed by atoms with Gasteiger partial charge in [-0.1, -0.05) is 11.6 Å². The van der Waals surface area contributed by atoms with E-state index in [0.717, 1.165) is 5.02 Å². The molecule has 1 N–H and O–H groups in total. The van der Waals surface area contributed by atoms with Gasteiger partial charge < -0.3 is 5.32 Å². The molecule has 0 bridgehead atoms. The van der Waals surface area contributed by atoms with Crippen molar-refractivity contribution in [2.24, 2.45) is 0 Å². The monoisotopic (exact) mass is 377 g/mol. The Balaban J connectivity index is 2.49. The van der Waals surface area contributed by atoms with E-state index in [9.17, 15) is 0 Å². The van der Waals surface area contributed by atoms with Crippen LogP contribution in [0, 0.1) is 10.5 Å². The van der Waals surface area contributed by atoms with Crippen LogP contribution in [0.1, 0.15) is 22.0 Å². The Bertz CT molecular complexity index is 524. The van der Waals surface area contributed by atoms with Gasteiger partial charge in [-0.2, -0.15) is 0 Å². The highest BCUT2D eigenvalue weighted by Crippen LogP contribution is 2.32. The van der Waals surface area contributed by atoms with Crippen molar-refractivity contribution in [1.82, 2.24) is 5.32 Å². The SMILES string of the molecule is CNC(c1cc(Cl)ccc1I)c1sccc1C. The van der Waals surface area contributed by atoms with Gasteiger partial charge in [-0.3, -0.25) is 0 Å². The van der Waals surface area contributed by atoms with E-state index in [1.165, 1.54) is 19.6 Å². The number of thiophene rings is 1. The first-order valence-corrected chi connectivity index (χ1v) is 7.63. The van der Waals surface area contributed by atoms with E-state index in [0.29, 0.717) is 0 Å². The van der Waals surface area contributed by atoms with Gasteiger partial charge in [-0.15, -0.1) is 11.3 Å². The lowest BCUT2D eigenvalue weighted by atomic mass is 10.0. The Hall–Kier alpha value is -0.100. The second kappa shape index (κ2) is 5.69. The molecule has 1 atom stereocenters. The third kappa shape index (κ3) is 2.84. The molecule has 0 saturated heterocycles. The van der Waals surface area contributed by atoms with Gasteiger partial charge in [0.05, 0.1) is 6.04 Å². The zero-order valence-electron chi connectivity index (χ0n) is 9.63. The zero-order valence-corrected chi connectivity index (χ0v) is 13.4. The molecule has 17 heavy (non-hydrogen) atoms. The van der Waals surface area contributed by atoms with Crippen LogP contribution in [0.2, 0.25) is 5.02 Å². The molecule has 1 unspecified atom stereocenters. The summed E-state index contributed by atoms with van der Waals surface area (Å²) in [6, 6.07) is 8.41. The van der Waals surface area contributed by atoms with Crippen molar-refractivity contribution < 1.29 is 0 Å². The second-order valence-corrected chi connectivity index (χ2v) is 6.40. The lowest BCUT2D eigenvalue weighted by Crippen LogP contribution is -2.18. The summed E-state index contributed by atoms with van der Waals surface area (Å²) in [5.74, 6) is 0. The van der Waals surface area contributed by atoms with Crippen molar-refractivity contribution in [2.45, 2.75) is 13.0 Å². The highest BCUT2D eigenvalue weighted by Gasteiger charge is 2.18. The average Bonchev–Trinajstić information content (AvgIpc) is 2.71. The lowest BCUT2D eigenvalue weighted by Gasteiger charge is -2.18. The number of rotatable bonds is 3. The van der Waals surface area contributed by atoms with Crippen molar-refractivity contribution in [2.75, 3.05) is 7.05 Å². The van der Waals surface area contributed by atoms with Crippen LogP contribution in [0.3, 0.4) is 0 Å². The quantitative estimate of drug-likeness (QED) is 0.769. The Morgan fingerprint density at radius 1 is 1.35 bits per heavy atom. The molecule has 1 aromatic heterocycles. The summed E-state index contributed by atoms with van der Waals surface area (Å²) < 4.78 is 1.24. The number of halogens is 2. The van der Waals surface area contributed by atoms with Crippen LogP contribution in [0.15, 0.2) is 29.6 Å². The first-order valence-electron chi connectivity index (χ1n) is 5.29. The standard InChI is InChI=1S/C13H13ClINS/c1-8-5-6-17-13(8)12(16-2)10-7-9(14)3-4-11(10)15/h3-7,12,16H,1-2H3. The van der Waals surface area contributed by atoms with Crippen LogP contribution in [0.4, 0.5) is 0 Å². The lowest BCUT2D eigenvalue weighted by molar-refractivity contribution is 0.697. The predicted molar refractivity (Wildman–Crippen MR) is 84.1 cm³/mol. The molecule has 90 valence electrons. The van der Waals surface area contributed by atoms with Gasteiger partial charge in [0.25, 0.3) is 0 Å². The number of hydrogen-bond acceptors (Lipinski definition) is 2. The van der Waals surface area contributed by atoms with E-state index >= 15 is 0 Å². The van der Waals surface area contributed by atoms with Crippen molar-refractivity contribution in [3.05, 3.63) is 54.2 Å². The normalized spacial score (nSPS) is 12.7. The maximum absolute atomic E-state index is 6.09. The topological polar surface area (TPSA) is 12.0 Å². The van der Waals surface area contributed by atoms with Gasteiger partial charge in [0.15, 0.2) is 0 Å². The summed E-state index contributed by atoms with van der Waals surface area (Å²) in [7, 11) is 1.99. The molecule has 0 fully saturated rings. The van der Waals surface area contributed by atoms with E-state index in [2.05, 4.69) is 52.3 Å². The molecule has 1 aromatic carbocycles. The summed E-state index contributed by atoms with van der Waals surface area (Å²) in [5, 5.41) is 6.29. The van der Waals surface area contributed by atoms with Crippen LogP contribution < -0.4 is 5.32 Å². The number of benzene rings is 1. The summed E-state index contributed by atoms with van der Waals surface area (Å²) in [5.41, 5.74) is 2.57. The Labute approximate surface area is 124 Å². The van der Waals surface area contributed by atoms with Crippen molar-refractivity contribution >= 4 is 45.5 Å². The van der Waals surface area contributed by atoms with Crippen LogP contribution >= 0.6 is 45.5 Å². The van der Waals surface area contributed by atoms with Gasteiger partial charge >= 0.3 is 0 Å². The molecular formula is C13H13ClINS. The molecule has 0 aliphatic heterocycles. The van der Waals surface area contributed by atoms with Gasteiger partial charge in [0.2, 0.25) is 0 Å². The average molecular weight is 378 g/mol. The summed E-state index contributed by atoms with van der Waals surface area (Å²) in [6.45, 7) is 2.15. The molecule has 0 amide bonds. The molecule has 0 radical (unpaired) electrons. The van der Waals surface area contributed by atoms with Crippen LogP contribution in [-0.4, -0.2) is 7.05 Å². The second-order valence-electron chi connectivity index (χ2n) is 3.86. The number of hydrogen-bond donors (Lipinski definition) is 1. The molecule has 4 heteroatoms. The Morgan fingerprint density at radius 3 is 2.71 bits per heavy atom. The fraction of sp³-hybridized carbons (Fsp3) is 0.231. The molecule has 2 rings (SSSR count). The van der Waals surface area contributed by atoms with Crippen molar-refractivity contribution in [3.63, 3.8) is 0 Å². The van der Waals surface area contributed by atoms with Crippen molar-refractivity contribution in [3.8, 4) is 0 Å². The molecule has 1 nitrogen and oxygen atoms in total. The minimum atomic E-state index is 0.223. The van der Waals surface area contributed by atoms with E-state index in [4.69, 9.17) is 11.6 Å². The van der Waals surface area contributed by atoms with E-state index in [1.807, 2.05) is 19.2 Å². The van der Waals surface area contributed by atoms with Gasteiger partial charge in [0.1, 0.15) is 0 Å². The fourth-order valence-electron chi connectivity index (χ4n) is 1.84. The highest BCUT2D eigenvalue weighted by atomic mass is 127. The molecule has 0 spiro atoms. The molecule has 0 aliphatic carbocycles. The molecule has 1 heterocycles. The van der Waals surface area contributed by atoms with E-state index in [1.54, 1.807) is 11.3 Å². The molecular weight excluding hydrogens is 365 g/mol. The largest absolute Gasteiger partial charge is 0.309 e. The van der Waals surface area contributed by atoms with Crippen LogP contribution in [0.5, 0.6) is 0 Å². The Kier molecular flexibility index (Phi) is 4.47. The summed E-state index contributed by atoms with van der Waals surface area (Å²) >= 11 is 10.2. The predicted octanol–water partition coefficient (Wildman–Crippen LogP) is 4.62. The minimum absolute atomic E-state index is 0.223.